The van der Waals surface area contributed by atoms with Crippen molar-refractivity contribution in [2.75, 3.05) is 13.2 Å². The Kier molecular flexibility index (Phi) is 5.71. The van der Waals surface area contributed by atoms with Gasteiger partial charge in [-0.15, -0.1) is 0 Å². The minimum absolute atomic E-state index is 0.104. The van der Waals surface area contributed by atoms with Crippen molar-refractivity contribution in [3.05, 3.63) is 71.7 Å². The van der Waals surface area contributed by atoms with Crippen molar-refractivity contribution in [1.29, 1.82) is 0 Å². The van der Waals surface area contributed by atoms with Crippen LogP contribution in [0.3, 0.4) is 0 Å². The van der Waals surface area contributed by atoms with Crippen molar-refractivity contribution in [3.8, 4) is 17.3 Å². The van der Waals surface area contributed by atoms with Crippen molar-refractivity contribution < 1.29 is 22.7 Å². The van der Waals surface area contributed by atoms with Crippen LogP contribution in [0.1, 0.15) is 34.3 Å². The van der Waals surface area contributed by atoms with Crippen molar-refractivity contribution in [1.82, 2.24) is 19.9 Å². The van der Waals surface area contributed by atoms with Gasteiger partial charge >= 0.3 is 6.18 Å². The number of carbonyl (C=O) groups excluding carboxylic acids is 1. The Morgan fingerprint density at radius 3 is 2.59 bits per heavy atom. The van der Waals surface area contributed by atoms with Crippen molar-refractivity contribution in [2.24, 2.45) is 11.8 Å². The second-order valence-corrected chi connectivity index (χ2v) is 8.92. The third kappa shape index (κ3) is 4.60. The van der Waals surface area contributed by atoms with Crippen LogP contribution in [-0.2, 0) is 6.18 Å². The number of nitrogens with zero attached hydrogens (tertiary/aromatic N) is 4. The Bertz CT molecular complexity index is 1190. The van der Waals surface area contributed by atoms with Gasteiger partial charge < -0.3 is 9.64 Å². The lowest BCUT2D eigenvalue weighted by molar-refractivity contribution is -0.137. The molecule has 9 heteroatoms. The van der Waals surface area contributed by atoms with E-state index in [0.29, 0.717) is 35.3 Å². The number of benzene rings is 1. The monoisotopic (exact) mass is 468 g/mol. The lowest BCUT2D eigenvalue weighted by Gasteiger charge is -2.35. The summed E-state index contributed by atoms with van der Waals surface area (Å²) in [4.78, 5) is 28.0. The topological polar surface area (TPSA) is 68.2 Å². The van der Waals surface area contributed by atoms with Gasteiger partial charge in [0.25, 0.3) is 5.91 Å². The molecular weight excluding hydrogens is 445 g/mol. The maximum atomic E-state index is 13.8. The minimum Gasteiger partial charge on any atom is -0.475 e. The van der Waals surface area contributed by atoms with Crippen LogP contribution in [0.2, 0.25) is 0 Å². The molecule has 5 rings (SSSR count). The molecule has 0 radical (unpaired) electrons. The molecule has 2 aliphatic rings. The number of carbonyl (C=O) groups is 1. The third-order valence-electron chi connectivity index (χ3n) is 6.48. The van der Waals surface area contributed by atoms with Crippen LogP contribution in [0, 0.1) is 18.8 Å². The van der Waals surface area contributed by atoms with Gasteiger partial charge in [0.1, 0.15) is 6.61 Å². The molecule has 1 aliphatic heterocycles. The highest BCUT2D eigenvalue weighted by atomic mass is 19.4. The van der Waals surface area contributed by atoms with E-state index in [-0.39, 0.29) is 24.4 Å². The van der Waals surface area contributed by atoms with Gasteiger partial charge in [-0.25, -0.2) is 15.0 Å². The van der Waals surface area contributed by atoms with Gasteiger partial charge in [0.2, 0.25) is 5.88 Å². The molecular formula is C25H23F3N4O2. The molecule has 3 atom stereocenters. The van der Waals surface area contributed by atoms with E-state index in [0.717, 1.165) is 30.7 Å². The molecule has 34 heavy (non-hydrogen) atoms. The van der Waals surface area contributed by atoms with Gasteiger partial charge in [-0.3, -0.25) is 4.79 Å². The van der Waals surface area contributed by atoms with Crippen LogP contribution < -0.4 is 4.74 Å². The summed E-state index contributed by atoms with van der Waals surface area (Å²) in [5.41, 5.74) is 1.32. The number of ether oxygens (including phenoxy) is 1. The normalized spacial score (nSPS) is 21.6. The molecule has 2 fully saturated rings. The van der Waals surface area contributed by atoms with E-state index < -0.39 is 11.7 Å². The average molecular weight is 468 g/mol. The quantitative estimate of drug-likeness (QED) is 0.538. The lowest BCUT2D eigenvalue weighted by Crippen LogP contribution is -2.47. The number of likely N-dealkylation sites (tertiary alicyclic amines) is 1. The van der Waals surface area contributed by atoms with Crippen molar-refractivity contribution in [3.63, 3.8) is 0 Å². The molecule has 0 unspecified atom stereocenters. The summed E-state index contributed by atoms with van der Waals surface area (Å²) in [6.07, 6.45) is 1.45. The highest BCUT2D eigenvalue weighted by molar-refractivity contribution is 6.00. The van der Waals surface area contributed by atoms with Crippen LogP contribution in [-0.4, -0.2) is 45.0 Å². The zero-order chi connectivity index (χ0) is 23.9. The fourth-order valence-corrected chi connectivity index (χ4v) is 4.55. The van der Waals surface area contributed by atoms with E-state index >= 15 is 0 Å². The first-order chi connectivity index (χ1) is 16.3. The number of rotatable bonds is 5. The number of pyridine rings is 1. The summed E-state index contributed by atoms with van der Waals surface area (Å²) in [5.74, 6) is 1.49. The minimum atomic E-state index is -4.45. The Morgan fingerprint density at radius 1 is 1.09 bits per heavy atom. The third-order valence-corrected chi connectivity index (χ3v) is 6.48. The van der Waals surface area contributed by atoms with Crippen molar-refractivity contribution >= 4 is 5.91 Å². The second kappa shape index (κ2) is 8.70. The molecule has 2 aromatic heterocycles. The van der Waals surface area contributed by atoms with Crippen molar-refractivity contribution in [2.45, 2.75) is 32.0 Å². The zero-order valence-electron chi connectivity index (χ0n) is 18.5. The molecule has 0 spiro atoms. The SMILES string of the molecule is Cc1ccc(-c2ncccn2)c(C(=O)N2C[C@@H]3C[C@@H]3C[C@H]2COc2ccc(C(F)(F)F)cn2)c1. The Labute approximate surface area is 194 Å². The van der Waals surface area contributed by atoms with Crippen LogP contribution in [0.25, 0.3) is 11.4 Å². The molecule has 1 aromatic carbocycles. The van der Waals surface area contributed by atoms with Gasteiger partial charge in [-0.1, -0.05) is 17.7 Å². The maximum Gasteiger partial charge on any atom is 0.417 e. The zero-order valence-corrected chi connectivity index (χ0v) is 18.5. The molecule has 1 aliphatic carbocycles. The van der Waals surface area contributed by atoms with Gasteiger partial charge in [0.15, 0.2) is 5.82 Å². The number of amides is 1. The number of aryl methyl sites for hydroxylation is 1. The molecule has 6 nitrogen and oxygen atoms in total. The Morgan fingerprint density at radius 2 is 1.88 bits per heavy atom. The summed E-state index contributed by atoms with van der Waals surface area (Å²) in [5, 5.41) is 0. The first-order valence-electron chi connectivity index (χ1n) is 11.1. The molecule has 1 saturated heterocycles. The summed E-state index contributed by atoms with van der Waals surface area (Å²) < 4.78 is 44.1. The highest BCUT2D eigenvalue weighted by Crippen LogP contribution is 2.47. The molecule has 0 bridgehead atoms. The standard InChI is InChI=1S/C25H23F3N4O2/c1-15-3-5-20(23-29-7-2-8-30-23)21(9-15)24(33)32-13-17-10-16(17)11-19(32)14-34-22-6-4-18(12-31-22)25(26,27)28/h2-9,12,16-17,19H,10-11,13-14H2,1H3/t16-,17+,19+/m1/s1. The molecule has 3 heterocycles. The summed E-state index contributed by atoms with van der Waals surface area (Å²) in [6.45, 7) is 2.72. The predicted octanol–water partition coefficient (Wildman–Crippen LogP) is 4.80. The van der Waals surface area contributed by atoms with Crippen LogP contribution >= 0.6 is 0 Å². The lowest BCUT2D eigenvalue weighted by atomic mass is 9.98. The van der Waals surface area contributed by atoms with Gasteiger partial charge in [0, 0.05) is 36.8 Å². The number of alkyl halides is 3. The molecule has 0 N–H and O–H groups in total. The molecule has 1 saturated carbocycles. The van der Waals surface area contributed by atoms with E-state index in [1.165, 1.54) is 6.07 Å². The van der Waals surface area contributed by atoms with Crippen LogP contribution in [0.5, 0.6) is 5.88 Å². The average Bonchev–Trinajstić information content (AvgIpc) is 3.60. The number of piperidine rings is 1. The number of fused-ring (bicyclic) bond motifs is 1. The van der Waals surface area contributed by atoms with E-state index in [4.69, 9.17) is 4.74 Å². The largest absolute Gasteiger partial charge is 0.475 e. The number of hydrogen-bond donors (Lipinski definition) is 0. The first kappa shape index (κ1) is 22.3. The first-order valence-corrected chi connectivity index (χ1v) is 11.1. The van der Waals surface area contributed by atoms with Crippen LogP contribution in [0.4, 0.5) is 13.2 Å². The van der Waals surface area contributed by atoms with Gasteiger partial charge in [-0.2, -0.15) is 13.2 Å². The number of hydrogen-bond acceptors (Lipinski definition) is 5. The van der Waals surface area contributed by atoms with Gasteiger partial charge in [0.05, 0.1) is 17.2 Å². The van der Waals surface area contributed by atoms with E-state index in [1.54, 1.807) is 18.5 Å². The predicted molar refractivity (Wildman–Crippen MR) is 118 cm³/mol. The van der Waals surface area contributed by atoms with E-state index in [2.05, 4.69) is 15.0 Å². The Hall–Kier alpha value is -3.49. The molecule has 176 valence electrons. The summed E-state index contributed by atoms with van der Waals surface area (Å²) >= 11 is 0. The number of aromatic nitrogens is 3. The second-order valence-electron chi connectivity index (χ2n) is 8.92. The maximum absolute atomic E-state index is 13.8. The fourth-order valence-electron chi connectivity index (χ4n) is 4.55. The number of halogens is 3. The molecule has 1 amide bonds. The van der Waals surface area contributed by atoms with E-state index in [9.17, 15) is 18.0 Å². The summed E-state index contributed by atoms with van der Waals surface area (Å²) in [6, 6.07) is 9.31. The van der Waals surface area contributed by atoms with E-state index in [1.807, 2.05) is 30.0 Å². The highest BCUT2D eigenvalue weighted by Gasteiger charge is 2.47. The Balaban J connectivity index is 1.37. The summed E-state index contributed by atoms with van der Waals surface area (Å²) in [7, 11) is 0. The smallest absolute Gasteiger partial charge is 0.417 e. The molecule has 3 aromatic rings. The van der Waals surface area contributed by atoms with Crippen LogP contribution in [0.15, 0.2) is 55.0 Å². The fraction of sp³-hybridized carbons (Fsp3) is 0.360. The van der Waals surface area contributed by atoms with Gasteiger partial charge in [-0.05, 0) is 49.8 Å².